The molecule has 0 spiro atoms. The number of thioether (sulfide) groups is 1. The van der Waals surface area contributed by atoms with Crippen molar-refractivity contribution in [2.45, 2.75) is 42.1 Å². The average Bonchev–Trinajstić information content (AvgIpc) is 3.43. The van der Waals surface area contributed by atoms with Crippen molar-refractivity contribution in [2.24, 2.45) is 0 Å². The Balaban J connectivity index is 1.51. The summed E-state index contributed by atoms with van der Waals surface area (Å²) >= 11 is 7.08. The van der Waals surface area contributed by atoms with Crippen molar-refractivity contribution in [1.29, 1.82) is 0 Å². The maximum atomic E-state index is 12.9. The monoisotopic (exact) mass is 439 g/mol. The van der Waals surface area contributed by atoms with Crippen molar-refractivity contribution < 1.29 is 18.8 Å². The van der Waals surface area contributed by atoms with E-state index in [1.165, 1.54) is 6.26 Å². The quantitative estimate of drug-likeness (QED) is 0.424. The molecule has 3 N–H and O–H groups in total. The summed E-state index contributed by atoms with van der Waals surface area (Å²) in [6, 6.07) is 0.963. The molecule has 2 aromatic heterocycles. The molecule has 2 aliphatic heterocycles. The second-order valence-corrected chi connectivity index (χ2v) is 9.20. The first-order valence-electron chi connectivity index (χ1n) is 8.76. The normalized spacial score (nSPS) is 25.8. The van der Waals surface area contributed by atoms with Gasteiger partial charge in [0.1, 0.15) is 29.1 Å². The number of nitrogens with zero attached hydrogens (tertiary/aromatic N) is 4. The van der Waals surface area contributed by atoms with Crippen LogP contribution >= 0.6 is 23.4 Å². The van der Waals surface area contributed by atoms with Crippen molar-refractivity contribution in [1.82, 2.24) is 36.2 Å². The molecule has 0 radical (unpaired) electrons. The van der Waals surface area contributed by atoms with E-state index in [2.05, 4.69) is 31.3 Å². The molecule has 0 aliphatic carbocycles. The summed E-state index contributed by atoms with van der Waals surface area (Å²) in [5, 5.41) is 19.0. The van der Waals surface area contributed by atoms with E-state index in [0.29, 0.717) is 5.82 Å². The molecule has 4 heterocycles. The molecule has 3 amide bonds. The number of amides is 3. The van der Waals surface area contributed by atoms with Gasteiger partial charge in [-0.2, -0.15) is 5.21 Å². The molecule has 2 saturated heterocycles. The van der Waals surface area contributed by atoms with Crippen LogP contribution in [0.1, 0.15) is 37.5 Å². The van der Waals surface area contributed by atoms with Crippen molar-refractivity contribution in [3.05, 3.63) is 30.0 Å². The number of hydrogen-bond donors (Lipinski definition) is 3. The first-order valence-corrected chi connectivity index (χ1v) is 10.2. The molecule has 0 aromatic carbocycles. The van der Waals surface area contributed by atoms with Crippen LogP contribution in [-0.2, 0) is 14.4 Å². The van der Waals surface area contributed by atoms with Gasteiger partial charge in [-0.1, -0.05) is 5.21 Å². The van der Waals surface area contributed by atoms with Gasteiger partial charge in [0, 0.05) is 4.75 Å². The molecule has 29 heavy (non-hydrogen) atoms. The number of aromatic nitrogens is 4. The lowest BCUT2D eigenvalue weighted by atomic mass is 9.95. The van der Waals surface area contributed by atoms with E-state index < -0.39 is 23.9 Å². The van der Waals surface area contributed by atoms with Gasteiger partial charge in [0.15, 0.2) is 11.9 Å². The van der Waals surface area contributed by atoms with Gasteiger partial charge in [-0.25, -0.2) is 0 Å². The van der Waals surface area contributed by atoms with Crippen LogP contribution in [-0.4, -0.2) is 65.3 Å². The number of fused-ring (bicyclic) bond motifs is 1. The van der Waals surface area contributed by atoms with E-state index in [9.17, 15) is 14.4 Å². The Bertz CT molecular complexity index is 920. The van der Waals surface area contributed by atoms with Crippen LogP contribution in [0.3, 0.4) is 0 Å². The molecule has 13 heteroatoms. The highest BCUT2D eigenvalue weighted by molar-refractivity contribution is 8.01. The predicted molar refractivity (Wildman–Crippen MR) is 101 cm³/mol. The maximum Gasteiger partial charge on any atom is 0.251 e. The zero-order chi connectivity index (χ0) is 20.8. The molecule has 2 fully saturated rings. The molecule has 154 valence electrons. The fraction of sp³-hybridized carbons (Fsp3) is 0.500. The summed E-state index contributed by atoms with van der Waals surface area (Å²) < 4.78 is 4.88. The standard InChI is InChI=1S/C16H18ClN7O4S/c1-16(2)11(12-20-22-23-21-12)24-14(27)10(15(24)29-16)19-13(26)9(18-8(25)6-17)7-4-3-5-28-7/h3-5,9-11,15H,6H2,1-2H3,(H,18,25)(H,19,26)(H,20,21,22,23)/t9?,10?,11?,15-/m0/s1. The Morgan fingerprint density at radius 2 is 2.28 bits per heavy atom. The zero-order valence-corrected chi connectivity index (χ0v) is 17.0. The van der Waals surface area contributed by atoms with Crippen molar-refractivity contribution >= 4 is 41.1 Å². The number of aromatic amines is 1. The van der Waals surface area contributed by atoms with Crippen LogP contribution in [0, 0.1) is 0 Å². The fourth-order valence-electron chi connectivity index (χ4n) is 3.61. The van der Waals surface area contributed by atoms with Gasteiger partial charge < -0.3 is 20.0 Å². The topological polar surface area (TPSA) is 146 Å². The highest BCUT2D eigenvalue weighted by Gasteiger charge is 2.63. The maximum absolute atomic E-state index is 12.9. The number of furan rings is 1. The fourth-order valence-corrected chi connectivity index (χ4v) is 5.31. The second kappa shape index (κ2) is 7.34. The van der Waals surface area contributed by atoms with Crippen molar-refractivity contribution in [3.8, 4) is 0 Å². The first-order chi connectivity index (χ1) is 13.8. The Labute approximate surface area is 174 Å². The van der Waals surface area contributed by atoms with E-state index in [1.54, 1.807) is 28.8 Å². The minimum atomic E-state index is -1.09. The van der Waals surface area contributed by atoms with Crippen molar-refractivity contribution in [3.63, 3.8) is 0 Å². The van der Waals surface area contributed by atoms with Gasteiger partial charge in [0.2, 0.25) is 11.8 Å². The molecule has 4 rings (SSSR count). The summed E-state index contributed by atoms with van der Waals surface area (Å²) in [5.74, 6) is -0.978. The number of tetrazole rings is 1. The molecule has 11 nitrogen and oxygen atoms in total. The van der Waals surface area contributed by atoms with Gasteiger partial charge in [-0.15, -0.1) is 33.6 Å². The largest absolute Gasteiger partial charge is 0.467 e. The number of β-lactam (4-membered cyclic amide) rings is 1. The number of carbonyl (C=O) groups is 3. The lowest BCUT2D eigenvalue weighted by Crippen LogP contribution is -2.68. The number of hydrogen-bond acceptors (Lipinski definition) is 8. The minimum Gasteiger partial charge on any atom is -0.467 e. The number of H-pyrrole nitrogens is 1. The lowest BCUT2D eigenvalue weighted by molar-refractivity contribution is -0.152. The Morgan fingerprint density at radius 1 is 1.48 bits per heavy atom. The minimum absolute atomic E-state index is 0.244. The van der Waals surface area contributed by atoms with Crippen LogP contribution in [0.2, 0.25) is 0 Å². The molecule has 0 bridgehead atoms. The first kappa shape index (κ1) is 19.7. The lowest BCUT2D eigenvalue weighted by Gasteiger charge is -2.44. The summed E-state index contributed by atoms with van der Waals surface area (Å²) in [7, 11) is 0. The van der Waals surface area contributed by atoms with Crippen LogP contribution < -0.4 is 10.6 Å². The number of alkyl halides is 1. The van der Waals surface area contributed by atoms with Crippen LogP contribution in [0.5, 0.6) is 0 Å². The Kier molecular flexibility index (Phi) is 4.99. The summed E-state index contributed by atoms with van der Waals surface area (Å²) in [4.78, 5) is 39.1. The van der Waals surface area contributed by atoms with E-state index >= 15 is 0 Å². The van der Waals surface area contributed by atoms with E-state index in [-0.39, 0.29) is 33.7 Å². The van der Waals surface area contributed by atoms with Crippen LogP contribution in [0.25, 0.3) is 0 Å². The SMILES string of the molecule is CC1(C)S[C@H]2C(NC(=O)C(NC(=O)CCl)c3ccco3)C(=O)N2C1c1nn[nH]n1. The van der Waals surface area contributed by atoms with Gasteiger partial charge >= 0.3 is 0 Å². The molecule has 4 atom stereocenters. The summed E-state index contributed by atoms with van der Waals surface area (Å²) in [5.41, 5.74) is 0. The Hall–Kier alpha value is -2.60. The highest BCUT2D eigenvalue weighted by atomic mass is 35.5. The molecule has 2 aliphatic rings. The van der Waals surface area contributed by atoms with Crippen LogP contribution in [0.15, 0.2) is 22.8 Å². The summed E-state index contributed by atoms with van der Waals surface area (Å²) in [6.07, 6.45) is 1.39. The Morgan fingerprint density at radius 3 is 2.90 bits per heavy atom. The van der Waals surface area contributed by atoms with Crippen LogP contribution in [0.4, 0.5) is 0 Å². The van der Waals surface area contributed by atoms with E-state index in [4.69, 9.17) is 16.0 Å². The number of rotatable bonds is 6. The number of nitrogens with one attached hydrogen (secondary N) is 3. The molecule has 2 aromatic rings. The zero-order valence-electron chi connectivity index (χ0n) is 15.5. The number of halogens is 1. The predicted octanol–water partition coefficient (Wildman–Crippen LogP) is 0.109. The molecular formula is C16H18ClN7O4S. The van der Waals surface area contributed by atoms with Crippen molar-refractivity contribution in [2.75, 3.05) is 5.88 Å². The van der Waals surface area contributed by atoms with Gasteiger partial charge in [-0.05, 0) is 26.0 Å². The third kappa shape index (κ3) is 3.35. The third-order valence-electron chi connectivity index (χ3n) is 4.86. The van der Waals surface area contributed by atoms with E-state index in [0.717, 1.165) is 0 Å². The third-order valence-corrected chi connectivity index (χ3v) is 6.68. The van der Waals surface area contributed by atoms with Gasteiger partial charge in [0.05, 0.1) is 6.26 Å². The molecular weight excluding hydrogens is 422 g/mol. The smallest absolute Gasteiger partial charge is 0.251 e. The molecule has 0 saturated carbocycles. The number of carbonyl (C=O) groups excluding carboxylic acids is 3. The van der Waals surface area contributed by atoms with E-state index in [1.807, 2.05) is 13.8 Å². The summed E-state index contributed by atoms with van der Waals surface area (Å²) in [6.45, 7) is 3.96. The average molecular weight is 440 g/mol. The van der Waals surface area contributed by atoms with Gasteiger partial charge in [-0.3, -0.25) is 14.4 Å². The highest BCUT2D eigenvalue weighted by Crippen LogP contribution is 2.56. The van der Waals surface area contributed by atoms with Gasteiger partial charge in [0.25, 0.3) is 5.91 Å². The molecule has 3 unspecified atom stereocenters. The second-order valence-electron chi connectivity index (χ2n) is 7.17.